The molecule has 7 nitrogen and oxygen atoms in total. The summed E-state index contributed by atoms with van der Waals surface area (Å²) < 4.78 is 39.9. The lowest BCUT2D eigenvalue weighted by Gasteiger charge is -2.10. The SMILES string of the molecule is Cc1ccc(F)c(S(=O)(=O)Nc2nccnc2C(=O)O)c1. The molecule has 0 unspecified atom stereocenters. The van der Waals surface area contributed by atoms with E-state index in [2.05, 4.69) is 9.97 Å². The van der Waals surface area contributed by atoms with Gasteiger partial charge in [0, 0.05) is 12.4 Å². The van der Waals surface area contributed by atoms with Crippen molar-refractivity contribution in [2.75, 3.05) is 4.72 Å². The number of aromatic nitrogens is 2. The molecule has 1 aromatic carbocycles. The second kappa shape index (κ2) is 5.44. The number of hydrogen-bond donors (Lipinski definition) is 2. The van der Waals surface area contributed by atoms with Crippen LogP contribution in [0.15, 0.2) is 35.5 Å². The van der Waals surface area contributed by atoms with Crippen molar-refractivity contribution < 1.29 is 22.7 Å². The highest BCUT2D eigenvalue weighted by Crippen LogP contribution is 2.20. The van der Waals surface area contributed by atoms with E-state index in [4.69, 9.17) is 5.11 Å². The van der Waals surface area contributed by atoms with Gasteiger partial charge in [-0.25, -0.2) is 27.6 Å². The third-order valence-corrected chi connectivity index (χ3v) is 3.86. The molecule has 0 aliphatic rings. The molecule has 0 aliphatic carbocycles. The first kappa shape index (κ1) is 14.9. The Morgan fingerprint density at radius 2 is 1.95 bits per heavy atom. The largest absolute Gasteiger partial charge is 0.476 e. The number of anilines is 1. The topological polar surface area (TPSA) is 109 Å². The van der Waals surface area contributed by atoms with E-state index < -0.39 is 38.2 Å². The Morgan fingerprint density at radius 1 is 1.29 bits per heavy atom. The van der Waals surface area contributed by atoms with Gasteiger partial charge < -0.3 is 5.11 Å². The lowest BCUT2D eigenvalue weighted by Crippen LogP contribution is -2.18. The number of nitrogens with zero attached hydrogens (tertiary/aromatic N) is 2. The van der Waals surface area contributed by atoms with E-state index >= 15 is 0 Å². The number of carboxylic acid groups (broad SMARTS) is 1. The van der Waals surface area contributed by atoms with Gasteiger partial charge in [0.2, 0.25) is 0 Å². The van der Waals surface area contributed by atoms with Crippen molar-refractivity contribution in [2.45, 2.75) is 11.8 Å². The molecule has 110 valence electrons. The average Bonchev–Trinajstić information content (AvgIpc) is 2.41. The van der Waals surface area contributed by atoms with Crippen molar-refractivity contribution in [1.82, 2.24) is 9.97 Å². The molecule has 0 bridgehead atoms. The van der Waals surface area contributed by atoms with E-state index in [-0.39, 0.29) is 0 Å². The highest BCUT2D eigenvalue weighted by Gasteiger charge is 2.23. The molecule has 2 aromatic rings. The summed E-state index contributed by atoms with van der Waals surface area (Å²) in [6.45, 7) is 1.60. The first-order valence-electron chi connectivity index (χ1n) is 5.64. The summed E-state index contributed by atoms with van der Waals surface area (Å²) in [6.07, 6.45) is 2.23. The molecule has 0 spiro atoms. The molecule has 0 saturated heterocycles. The van der Waals surface area contributed by atoms with E-state index in [0.29, 0.717) is 5.56 Å². The Kier molecular flexibility index (Phi) is 3.85. The molecule has 9 heteroatoms. The first-order valence-corrected chi connectivity index (χ1v) is 7.13. The van der Waals surface area contributed by atoms with Crippen molar-refractivity contribution in [1.29, 1.82) is 0 Å². The molecular weight excluding hydrogens is 301 g/mol. The Hall–Kier alpha value is -2.55. The smallest absolute Gasteiger partial charge is 0.358 e. The van der Waals surface area contributed by atoms with Crippen LogP contribution in [0.4, 0.5) is 10.2 Å². The number of aromatic carboxylic acids is 1. The maximum absolute atomic E-state index is 13.7. The predicted molar refractivity (Wildman–Crippen MR) is 70.9 cm³/mol. The van der Waals surface area contributed by atoms with Crippen LogP contribution in [0.3, 0.4) is 0 Å². The van der Waals surface area contributed by atoms with Gasteiger partial charge in [0.25, 0.3) is 10.0 Å². The van der Waals surface area contributed by atoms with Gasteiger partial charge in [0.15, 0.2) is 11.5 Å². The molecule has 1 heterocycles. The van der Waals surface area contributed by atoms with Crippen LogP contribution in [0.25, 0.3) is 0 Å². The lowest BCUT2D eigenvalue weighted by atomic mass is 10.2. The van der Waals surface area contributed by atoms with Gasteiger partial charge in [-0.3, -0.25) is 4.72 Å². The van der Waals surface area contributed by atoms with Gasteiger partial charge in [-0.1, -0.05) is 6.07 Å². The summed E-state index contributed by atoms with van der Waals surface area (Å²) in [7, 11) is -4.31. The molecule has 21 heavy (non-hydrogen) atoms. The summed E-state index contributed by atoms with van der Waals surface area (Å²) in [6, 6.07) is 3.56. The number of sulfonamides is 1. The van der Waals surface area contributed by atoms with E-state index in [9.17, 15) is 17.6 Å². The van der Waals surface area contributed by atoms with Gasteiger partial charge in [0.05, 0.1) is 0 Å². The van der Waals surface area contributed by atoms with Crippen LogP contribution in [0.2, 0.25) is 0 Å². The number of rotatable bonds is 4. The number of hydrogen-bond acceptors (Lipinski definition) is 5. The van der Waals surface area contributed by atoms with Crippen LogP contribution < -0.4 is 4.72 Å². The standard InChI is InChI=1S/C12H10FN3O4S/c1-7-2-3-8(13)9(6-7)21(19,20)16-11-10(12(17)18)14-4-5-15-11/h2-6H,1H3,(H,15,16)(H,17,18). The fourth-order valence-corrected chi connectivity index (χ4v) is 2.75. The highest BCUT2D eigenvalue weighted by molar-refractivity contribution is 7.92. The summed E-state index contributed by atoms with van der Waals surface area (Å²) in [5.74, 6) is -2.88. The molecule has 2 N–H and O–H groups in total. The zero-order valence-electron chi connectivity index (χ0n) is 10.7. The van der Waals surface area contributed by atoms with Gasteiger partial charge in [-0.15, -0.1) is 0 Å². The second-order valence-electron chi connectivity index (χ2n) is 4.10. The Labute approximate surface area is 119 Å². The first-order chi connectivity index (χ1) is 9.81. The number of carboxylic acids is 1. The zero-order valence-corrected chi connectivity index (χ0v) is 11.6. The second-order valence-corrected chi connectivity index (χ2v) is 5.75. The molecule has 0 amide bonds. The normalized spacial score (nSPS) is 11.1. The van der Waals surface area contributed by atoms with E-state index in [1.165, 1.54) is 6.07 Å². The Balaban J connectivity index is 2.48. The van der Waals surface area contributed by atoms with E-state index in [0.717, 1.165) is 24.5 Å². The van der Waals surface area contributed by atoms with Gasteiger partial charge >= 0.3 is 5.97 Å². The highest BCUT2D eigenvalue weighted by atomic mass is 32.2. The maximum Gasteiger partial charge on any atom is 0.358 e. The molecule has 0 fully saturated rings. The van der Waals surface area contributed by atoms with E-state index in [1.807, 2.05) is 4.72 Å². The van der Waals surface area contributed by atoms with Crippen LogP contribution in [-0.2, 0) is 10.0 Å². The van der Waals surface area contributed by atoms with Crippen molar-refractivity contribution >= 4 is 21.8 Å². The minimum Gasteiger partial charge on any atom is -0.476 e. The third-order valence-electron chi connectivity index (χ3n) is 2.51. The number of aryl methyl sites for hydroxylation is 1. The lowest BCUT2D eigenvalue weighted by molar-refractivity contribution is 0.0691. The fraction of sp³-hybridized carbons (Fsp3) is 0.0833. The molecule has 0 aliphatic heterocycles. The molecule has 1 aromatic heterocycles. The molecule has 0 radical (unpaired) electrons. The monoisotopic (exact) mass is 311 g/mol. The summed E-state index contributed by atoms with van der Waals surface area (Å²) >= 11 is 0. The van der Waals surface area contributed by atoms with Gasteiger partial charge in [-0.2, -0.15) is 0 Å². The zero-order chi connectivity index (χ0) is 15.6. The van der Waals surface area contributed by atoms with Crippen LogP contribution in [0.5, 0.6) is 0 Å². The Bertz CT molecular complexity index is 808. The van der Waals surface area contributed by atoms with E-state index in [1.54, 1.807) is 6.92 Å². The summed E-state index contributed by atoms with van der Waals surface area (Å²) in [5, 5.41) is 8.92. The molecule has 0 atom stereocenters. The summed E-state index contributed by atoms with van der Waals surface area (Å²) in [4.78, 5) is 17.5. The van der Waals surface area contributed by atoms with Crippen molar-refractivity contribution in [3.8, 4) is 0 Å². The maximum atomic E-state index is 13.7. The Morgan fingerprint density at radius 3 is 2.62 bits per heavy atom. The number of benzene rings is 1. The van der Waals surface area contributed by atoms with Crippen molar-refractivity contribution in [2.24, 2.45) is 0 Å². The molecule has 0 saturated carbocycles. The number of carbonyl (C=O) groups is 1. The minimum atomic E-state index is -4.31. The number of nitrogens with one attached hydrogen (secondary N) is 1. The van der Waals surface area contributed by atoms with Crippen molar-refractivity contribution in [3.05, 3.63) is 47.7 Å². The average molecular weight is 311 g/mol. The fourth-order valence-electron chi connectivity index (χ4n) is 1.57. The summed E-state index contributed by atoms with van der Waals surface area (Å²) in [5.41, 5.74) is -0.0384. The van der Waals surface area contributed by atoms with Crippen LogP contribution >= 0.6 is 0 Å². The third kappa shape index (κ3) is 3.14. The van der Waals surface area contributed by atoms with Crippen LogP contribution in [0, 0.1) is 12.7 Å². The quantitative estimate of drug-likeness (QED) is 0.884. The van der Waals surface area contributed by atoms with Gasteiger partial charge in [0.1, 0.15) is 10.7 Å². The van der Waals surface area contributed by atoms with Gasteiger partial charge in [-0.05, 0) is 24.6 Å². The molecular formula is C12H10FN3O4S. The number of halogens is 1. The molecule has 2 rings (SSSR count). The van der Waals surface area contributed by atoms with Crippen molar-refractivity contribution in [3.63, 3.8) is 0 Å². The van der Waals surface area contributed by atoms with Crippen LogP contribution in [0.1, 0.15) is 16.1 Å². The van der Waals surface area contributed by atoms with Crippen LogP contribution in [-0.4, -0.2) is 29.5 Å². The predicted octanol–water partition coefficient (Wildman–Crippen LogP) is 1.42. The minimum absolute atomic E-state index is 0.481.